The van der Waals surface area contributed by atoms with E-state index in [0.717, 1.165) is 0 Å². The van der Waals surface area contributed by atoms with Crippen molar-refractivity contribution in [2.24, 2.45) is 0 Å². The number of carbonyl (C=O) groups excluding carboxylic acids is 2. The summed E-state index contributed by atoms with van der Waals surface area (Å²) in [7, 11) is 0. The van der Waals surface area contributed by atoms with Gasteiger partial charge < -0.3 is 9.84 Å². The first-order chi connectivity index (χ1) is 12.1. The van der Waals surface area contributed by atoms with Crippen molar-refractivity contribution in [2.75, 3.05) is 0 Å². The highest BCUT2D eigenvalue weighted by Gasteiger charge is 2.24. The number of aromatic nitrogens is 2. The predicted octanol–water partition coefficient (Wildman–Crippen LogP) is 2.18. The molecule has 0 fully saturated rings. The molecule has 0 bridgehead atoms. The molecule has 1 aromatic heterocycles. The van der Waals surface area contributed by atoms with Crippen LogP contribution in [0.4, 0.5) is 0 Å². The summed E-state index contributed by atoms with van der Waals surface area (Å²) in [5.74, 6) is -0.410. The molecule has 3 rings (SSSR count). The minimum atomic E-state index is -0.639. The second-order valence-electron chi connectivity index (χ2n) is 5.26. The first-order valence-electron chi connectivity index (χ1n) is 7.56. The van der Waals surface area contributed by atoms with Crippen molar-refractivity contribution in [1.29, 1.82) is 0 Å². The molecule has 0 unspecified atom stereocenters. The van der Waals surface area contributed by atoms with Gasteiger partial charge in [0, 0.05) is 5.56 Å². The molecule has 6 nitrogen and oxygen atoms in total. The normalized spacial score (nSPS) is 10.2. The van der Waals surface area contributed by atoms with Crippen LogP contribution in [-0.2, 0) is 6.54 Å². The summed E-state index contributed by atoms with van der Waals surface area (Å²) in [4.78, 5) is 28.7. The fourth-order valence-electron chi connectivity index (χ4n) is 2.24. The molecule has 25 heavy (non-hydrogen) atoms. The Morgan fingerprint density at radius 1 is 1.04 bits per heavy atom. The molecule has 0 aliphatic rings. The number of ketones is 1. The van der Waals surface area contributed by atoms with Gasteiger partial charge in [-0.1, -0.05) is 30.3 Å². The molecule has 124 valence electrons. The zero-order valence-electron chi connectivity index (χ0n) is 13.2. The highest BCUT2D eigenvalue weighted by atomic mass is 16.5. The Morgan fingerprint density at radius 3 is 2.48 bits per heavy atom. The second kappa shape index (κ2) is 7.35. The SMILES string of the molecule is O=C(C[n+]1ccncc1C(=O)Oc1ccc(O)cc1)c1ccccc1. The Morgan fingerprint density at radius 2 is 1.76 bits per heavy atom. The monoisotopic (exact) mass is 335 g/mol. The molecule has 0 spiro atoms. The highest BCUT2D eigenvalue weighted by Crippen LogP contribution is 2.16. The van der Waals surface area contributed by atoms with E-state index >= 15 is 0 Å². The standard InChI is InChI=1S/C19H14N2O4/c22-15-6-8-16(9-7-15)25-19(24)17-12-20-10-11-21(17)13-18(23)14-4-2-1-3-5-14/h1-12H,13H2/p+1. The van der Waals surface area contributed by atoms with Gasteiger partial charge in [0.2, 0.25) is 12.3 Å². The molecule has 0 amide bonds. The summed E-state index contributed by atoms with van der Waals surface area (Å²) in [5, 5.41) is 9.27. The lowest BCUT2D eigenvalue weighted by atomic mass is 10.1. The Kier molecular flexibility index (Phi) is 4.80. The lowest BCUT2D eigenvalue weighted by Crippen LogP contribution is -2.44. The Labute approximate surface area is 144 Å². The summed E-state index contributed by atoms with van der Waals surface area (Å²) in [5.41, 5.74) is 0.713. The van der Waals surface area contributed by atoms with Crippen LogP contribution >= 0.6 is 0 Å². The molecular formula is C19H15N2O4+. The first-order valence-corrected chi connectivity index (χ1v) is 7.56. The van der Waals surface area contributed by atoms with Crippen LogP contribution in [0.2, 0.25) is 0 Å². The van der Waals surface area contributed by atoms with Gasteiger partial charge in [0.05, 0.1) is 6.20 Å². The number of hydrogen-bond acceptors (Lipinski definition) is 5. The predicted molar refractivity (Wildman–Crippen MR) is 88.3 cm³/mol. The summed E-state index contributed by atoms with van der Waals surface area (Å²) in [6.07, 6.45) is 4.39. The summed E-state index contributed by atoms with van der Waals surface area (Å²) in [6.45, 7) is -0.00740. The van der Waals surface area contributed by atoms with E-state index in [-0.39, 0.29) is 29.5 Å². The van der Waals surface area contributed by atoms with Crippen molar-refractivity contribution >= 4 is 11.8 Å². The van der Waals surface area contributed by atoms with Gasteiger partial charge >= 0.3 is 11.7 Å². The van der Waals surface area contributed by atoms with Gasteiger partial charge in [-0.3, -0.25) is 9.78 Å². The molecule has 1 heterocycles. The lowest BCUT2D eigenvalue weighted by Gasteiger charge is -2.04. The quantitative estimate of drug-likeness (QED) is 0.334. The third-order valence-corrected chi connectivity index (χ3v) is 3.51. The number of rotatable bonds is 5. The Hall–Kier alpha value is -3.54. The van der Waals surface area contributed by atoms with Gasteiger partial charge in [-0.05, 0) is 24.3 Å². The molecule has 0 saturated heterocycles. The van der Waals surface area contributed by atoms with Crippen LogP contribution in [0, 0.1) is 0 Å². The number of carbonyl (C=O) groups is 2. The molecular weight excluding hydrogens is 320 g/mol. The lowest BCUT2D eigenvalue weighted by molar-refractivity contribution is -0.686. The van der Waals surface area contributed by atoms with Gasteiger partial charge in [0.25, 0.3) is 0 Å². The van der Waals surface area contributed by atoms with Crippen LogP contribution in [0.5, 0.6) is 11.5 Å². The van der Waals surface area contributed by atoms with Crippen LogP contribution in [0.3, 0.4) is 0 Å². The number of hydrogen-bond donors (Lipinski definition) is 1. The molecule has 3 aromatic rings. The van der Waals surface area contributed by atoms with Crippen molar-refractivity contribution < 1.29 is 24.0 Å². The van der Waals surface area contributed by atoms with Crippen LogP contribution in [-0.4, -0.2) is 21.8 Å². The Balaban J connectivity index is 1.79. The van der Waals surface area contributed by atoms with Crippen LogP contribution in [0.15, 0.2) is 73.2 Å². The maximum absolute atomic E-state index is 12.4. The van der Waals surface area contributed by atoms with E-state index in [2.05, 4.69) is 4.98 Å². The maximum atomic E-state index is 12.4. The summed E-state index contributed by atoms with van der Waals surface area (Å²) >= 11 is 0. The average molecular weight is 335 g/mol. The molecule has 0 aliphatic heterocycles. The van der Waals surface area contributed by atoms with Crippen LogP contribution < -0.4 is 9.30 Å². The largest absolute Gasteiger partial charge is 0.508 e. The van der Waals surface area contributed by atoms with E-state index in [9.17, 15) is 14.7 Å². The van der Waals surface area contributed by atoms with Gasteiger partial charge in [-0.15, -0.1) is 0 Å². The average Bonchev–Trinajstić information content (AvgIpc) is 2.64. The number of Topliss-reactive ketones (excluding diaryl/α,β-unsaturated/α-hetero) is 1. The molecule has 0 aliphatic carbocycles. The van der Waals surface area contributed by atoms with Gasteiger partial charge in [-0.2, -0.15) is 4.57 Å². The molecule has 0 atom stereocenters. The molecule has 1 N–H and O–H groups in total. The fourth-order valence-corrected chi connectivity index (χ4v) is 2.24. The number of nitrogens with zero attached hydrogens (tertiary/aromatic N) is 2. The first kappa shape index (κ1) is 16.3. The number of ether oxygens (including phenoxy) is 1. The van der Waals surface area contributed by atoms with Crippen molar-refractivity contribution in [1.82, 2.24) is 4.98 Å². The highest BCUT2D eigenvalue weighted by molar-refractivity contribution is 5.95. The van der Waals surface area contributed by atoms with E-state index in [0.29, 0.717) is 5.56 Å². The maximum Gasteiger partial charge on any atom is 0.410 e. The zero-order chi connectivity index (χ0) is 17.6. The van der Waals surface area contributed by atoms with Crippen LogP contribution in [0.25, 0.3) is 0 Å². The van der Waals surface area contributed by atoms with E-state index in [1.165, 1.54) is 41.2 Å². The molecule has 2 aromatic carbocycles. The third kappa shape index (κ3) is 4.06. The third-order valence-electron chi connectivity index (χ3n) is 3.51. The number of esters is 1. The van der Waals surface area contributed by atoms with E-state index in [4.69, 9.17) is 4.74 Å². The van der Waals surface area contributed by atoms with Gasteiger partial charge in [0.15, 0.2) is 6.20 Å². The van der Waals surface area contributed by atoms with Gasteiger partial charge in [0.1, 0.15) is 17.7 Å². The number of aromatic hydroxyl groups is 1. The van der Waals surface area contributed by atoms with Crippen molar-refractivity contribution in [3.63, 3.8) is 0 Å². The van der Waals surface area contributed by atoms with E-state index in [1.54, 1.807) is 30.5 Å². The molecule has 0 saturated carbocycles. The van der Waals surface area contributed by atoms with Crippen molar-refractivity contribution in [3.8, 4) is 11.5 Å². The van der Waals surface area contributed by atoms with Crippen molar-refractivity contribution in [3.05, 3.63) is 84.4 Å². The molecule has 6 heteroatoms. The minimum absolute atomic E-state index is 0.00740. The zero-order valence-corrected chi connectivity index (χ0v) is 13.2. The molecule has 0 radical (unpaired) electrons. The number of phenols is 1. The summed E-state index contributed by atoms with van der Waals surface area (Å²) < 4.78 is 6.75. The van der Waals surface area contributed by atoms with E-state index < -0.39 is 5.97 Å². The number of benzene rings is 2. The smallest absolute Gasteiger partial charge is 0.410 e. The minimum Gasteiger partial charge on any atom is -0.508 e. The Bertz CT molecular complexity index is 893. The second-order valence-corrected chi connectivity index (χ2v) is 5.26. The fraction of sp³-hybridized carbons (Fsp3) is 0.0526. The number of phenolic OH excluding ortho intramolecular Hbond substituents is 1. The van der Waals surface area contributed by atoms with E-state index in [1.807, 2.05) is 6.07 Å². The summed E-state index contributed by atoms with van der Waals surface area (Å²) in [6, 6.07) is 14.6. The van der Waals surface area contributed by atoms with Crippen LogP contribution in [0.1, 0.15) is 20.8 Å². The van der Waals surface area contributed by atoms with Crippen molar-refractivity contribution in [2.45, 2.75) is 6.54 Å². The topological polar surface area (TPSA) is 80.4 Å². The van der Waals surface area contributed by atoms with Gasteiger partial charge in [-0.25, -0.2) is 4.79 Å².